The molecule has 0 aliphatic carbocycles. The van der Waals surface area contributed by atoms with Gasteiger partial charge < -0.3 is 0 Å². The molecule has 28 rings (SSSR count). The van der Waals surface area contributed by atoms with E-state index in [0.29, 0.717) is 0 Å². The highest BCUT2D eigenvalue weighted by atomic mass is 14.3. The predicted octanol–water partition coefficient (Wildman–Crippen LogP) is 45.4. The van der Waals surface area contributed by atoms with Gasteiger partial charge in [0.05, 0.1) is 0 Å². The van der Waals surface area contributed by atoms with Crippen molar-refractivity contribution >= 4 is 172 Å². The molecule has 0 radical (unpaired) electrons. The maximum absolute atomic E-state index is 5.75. The predicted molar refractivity (Wildman–Crippen MR) is 655 cm³/mol. The van der Waals surface area contributed by atoms with Crippen LogP contribution in [0, 0.1) is 0 Å². The fourth-order valence-corrected chi connectivity index (χ4v) is 22.1. The zero-order chi connectivity index (χ0) is 130. The molecule has 0 unspecified atom stereocenters. The van der Waals surface area contributed by atoms with E-state index in [9.17, 15) is 0 Å². The number of hydrogen-bond acceptors (Lipinski definition) is 0. The Bertz CT molecular complexity index is 8410. The summed E-state index contributed by atoms with van der Waals surface area (Å²) in [6.07, 6.45) is 0. The van der Waals surface area contributed by atoms with Crippen LogP contribution < -0.4 is 0 Å². The van der Waals surface area contributed by atoms with Crippen LogP contribution in [0.1, 0.15) is 88.4 Å². The molecule has 0 fully saturated rings. The molecule has 28 aromatic carbocycles. The summed E-state index contributed by atoms with van der Waals surface area (Å²) in [6, 6.07) is 194. The van der Waals surface area contributed by atoms with E-state index in [1.54, 1.807) is 0 Å². The normalized spacial score (nSPS) is 12.2. The monoisotopic (exact) mass is 1870 g/mol. The summed E-state index contributed by atoms with van der Waals surface area (Å²) in [5.74, 6) is 0. The number of hydrogen-bond donors (Lipinski definition) is 0. The van der Waals surface area contributed by atoms with E-state index >= 15 is 0 Å². The van der Waals surface area contributed by atoms with Crippen molar-refractivity contribution in [1.82, 2.24) is 0 Å². The van der Waals surface area contributed by atoms with Gasteiger partial charge in [-0.05, 0) is 286 Å². The molecule has 0 bridgehead atoms. The second kappa shape index (κ2) is 39.2. The third kappa shape index (κ3) is 16.2. The van der Waals surface area contributed by atoms with Crippen molar-refractivity contribution in [3.63, 3.8) is 0 Å². The minimum Gasteiger partial charge on any atom is -0.0776 e. The zero-order valence-corrected chi connectivity index (χ0v) is 79.8. The Labute approximate surface area is 879 Å². The Morgan fingerprint density at radius 1 is 0.106 bits per heavy atom. The van der Waals surface area contributed by atoms with Crippen LogP contribution in [0.4, 0.5) is 0 Å². The topological polar surface area (TPSA) is 0 Å². The van der Waals surface area contributed by atoms with Crippen LogP contribution in [0.25, 0.3) is 261 Å². The first-order valence-electron chi connectivity index (χ1n) is 67.2. The maximum Gasteiger partial charge on any atom is 0.0194 e. The fraction of sp³-hybridized carbons (Fsp3) is 0.0355. The third-order valence-corrected chi connectivity index (χ3v) is 28.1. The lowest BCUT2D eigenvalue weighted by Gasteiger charge is -2.19. The minimum atomic E-state index is 1.25. The Hall–Kier alpha value is -17.7. The molecular formula is C141H138. The maximum atomic E-state index is 5.75. The molecule has 702 valence electrons. The highest BCUT2D eigenvalue weighted by Gasteiger charge is 2.25. The molecule has 0 saturated carbocycles. The van der Waals surface area contributed by atoms with Crippen molar-refractivity contribution in [1.29, 1.82) is 0 Å². The van der Waals surface area contributed by atoms with Crippen LogP contribution in [-0.2, 0) is 0 Å². The highest BCUT2D eigenvalue weighted by Crippen LogP contribution is 2.52. The van der Waals surface area contributed by atoms with Crippen molar-refractivity contribution < 1.29 is 51.4 Å². The molecule has 0 atom stereocenters. The van der Waals surface area contributed by atoms with Crippen molar-refractivity contribution in [3.05, 3.63) is 534 Å². The van der Waals surface area contributed by atoms with Gasteiger partial charge in [-0.2, -0.15) is 0 Å². The molecule has 0 N–H and O–H groups in total. The van der Waals surface area contributed by atoms with E-state index in [1.165, 1.54) is 298 Å². The van der Waals surface area contributed by atoms with Crippen LogP contribution >= 0.6 is 0 Å². The van der Waals surface area contributed by atoms with Crippen LogP contribution in [0.2, 0.25) is 0 Å². The molecule has 0 heteroatoms. The van der Waals surface area contributed by atoms with Gasteiger partial charge >= 0.3 is 0 Å². The fourth-order valence-electron chi connectivity index (χ4n) is 22.1. The van der Waals surface area contributed by atoms with Crippen LogP contribution in [-0.4, -0.2) is 0 Å². The molecule has 0 nitrogen and oxygen atoms in total. The van der Waals surface area contributed by atoms with E-state index in [0.717, 1.165) is 0 Å². The second-order valence-electron chi connectivity index (χ2n) is 35.7. The summed E-state index contributed by atoms with van der Waals surface area (Å²) in [5, 5.41) is 41.1. The number of benzene rings is 28. The van der Waals surface area contributed by atoms with E-state index < -0.39 is 0 Å². The number of fused-ring (bicyclic) bond motifs is 16. The summed E-state index contributed by atoms with van der Waals surface area (Å²) in [4.78, 5) is 0. The first-order chi connectivity index (χ1) is 87.5. The van der Waals surface area contributed by atoms with Gasteiger partial charge in [-0.25, -0.2) is 0 Å². The van der Waals surface area contributed by atoms with Gasteiger partial charge in [0.2, 0.25) is 0 Å². The van der Waals surface area contributed by atoms with E-state index in [4.69, 9.17) is 51.4 Å². The van der Waals surface area contributed by atoms with Crippen molar-refractivity contribution in [2.75, 3.05) is 0 Å². The Kier molecular flexibility index (Phi) is 19.5. The molecule has 0 heterocycles. The highest BCUT2D eigenvalue weighted by molar-refractivity contribution is 6.29. The lowest BCUT2D eigenvalue weighted by atomic mass is 9.84. The van der Waals surface area contributed by atoms with Crippen molar-refractivity contribution in [2.24, 2.45) is 0 Å². The summed E-state index contributed by atoms with van der Waals surface area (Å²) < 4.78 is 179. The van der Waals surface area contributed by atoms with Crippen LogP contribution in [0.3, 0.4) is 0 Å². The van der Waals surface area contributed by atoms with Gasteiger partial charge in [-0.1, -0.05) is 547 Å². The molecule has 0 aliphatic heterocycles. The zero-order valence-electron chi connectivity index (χ0n) is 115. The molecule has 141 heavy (non-hydrogen) atoms. The Balaban J connectivity index is 0.000000373. The first kappa shape index (κ1) is 70.0. The third-order valence-electron chi connectivity index (χ3n) is 28.1. The lowest BCUT2D eigenvalue weighted by molar-refractivity contribution is 1.68. The molecular weight excluding hydrogens is 1690 g/mol. The van der Waals surface area contributed by atoms with Gasteiger partial charge in [0.25, 0.3) is 0 Å². The Morgan fingerprint density at radius 3 is 0.390 bits per heavy atom. The van der Waals surface area contributed by atoms with Gasteiger partial charge in [0.1, 0.15) is 0 Å². The SMILES string of the molecule is [2H]C.[2H]C.[2H]C.[2H]C.[2H]C.[2H][2H].[2H][2H].[2H][2H].[2H][2H].[2H][2H].[2H][2H].[2H][2H].[2H][2H].[2H][2H].[2H][2H].[2H][2H].[2H][2H].[2H][2H].[2H][2H].[2H][2H].c1ccc2cc(-c3c4ccccc4c(-c4cccc5ccccc45)c4ccccc34)ccc2c1.c1ccc2cc(-c3c4ccccc4c(-c4cccc5ccccc45)c4ccccc34)ccc2c1.c1ccc2cc(-c3c4ccccc4c(-c4cccc5ccccc45)c4ccccc34)ccc2c1.c1ccc2cc(-c3c4ccccc4c(-c4cccc5ccccc45)c4ccccc34)ccc2c1. The first-order valence-corrected chi connectivity index (χ1v) is 47.2. The van der Waals surface area contributed by atoms with Crippen molar-refractivity contribution in [2.45, 2.75) is 37.0 Å². The van der Waals surface area contributed by atoms with Crippen LogP contribution in [0.5, 0.6) is 0 Å². The standard InChI is InChI=1S/4C34H22.5CH4.15H2/c4*1-2-12-25-22-26(21-20-23(25)10-1)33-29-15-5-7-17-31(29)34(32-18-8-6-16-30(32)33)28-19-9-13-24-11-3-4-14-27(24)28;;;;;;;;;;;;;;;;;;;;/h4*1-22H;5*1H4;15*1H/i;;;;5*1D;15*1+1D. The van der Waals surface area contributed by atoms with Gasteiger partial charge in [0, 0.05) is 51.4 Å². The molecule has 0 spiro atoms. The summed E-state index contributed by atoms with van der Waals surface area (Å²) >= 11 is 0. The Morgan fingerprint density at radius 2 is 0.227 bits per heavy atom. The van der Waals surface area contributed by atoms with E-state index in [1.807, 2.05) is 0 Å². The largest absolute Gasteiger partial charge is 0.0776 e. The van der Waals surface area contributed by atoms with E-state index in [2.05, 4.69) is 534 Å². The molecule has 0 aliphatic rings. The van der Waals surface area contributed by atoms with Crippen molar-refractivity contribution in [3.8, 4) is 89.0 Å². The molecule has 0 saturated heterocycles. The van der Waals surface area contributed by atoms with Crippen LogP contribution in [0.15, 0.2) is 534 Å². The second-order valence-corrected chi connectivity index (χ2v) is 35.7. The summed E-state index contributed by atoms with van der Waals surface area (Å²) in [5.41, 5.74) is 20.7. The summed E-state index contributed by atoms with van der Waals surface area (Å²) in [6.45, 7) is 0. The van der Waals surface area contributed by atoms with Gasteiger partial charge in [-0.15, -0.1) is 0 Å². The number of rotatable bonds is 8. The summed E-state index contributed by atoms with van der Waals surface area (Å²) in [7, 11) is 6.25. The molecule has 0 aromatic heterocycles. The molecule has 28 aromatic rings. The minimum absolute atomic E-state index is 1.25. The lowest BCUT2D eigenvalue weighted by Crippen LogP contribution is -1.91. The molecule has 0 amide bonds. The van der Waals surface area contributed by atoms with Gasteiger partial charge in [-0.3, -0.25) is 0 Å². The average molecular weight is 1870 g/mol. The smallest absolute Gasteiger partial charge is 0.0194 e. The van der Waals surface area contributed by atoms with Gasteiger partial charge in [0.15, 0.2) is 0 Å². The van der Waals surface area contributed by atoms with E-state index in [-0.39, 0.29) is 0 Å². The average Bonchev–Trinajstić information content (AvgIpc) is 0.736. The quantitative estimate of drug-likeness (QED) is 0.133.